The van der Waals surface area contributed by atoms with E-state index in [1.807, 2.05) is 11.5 Å². The first-order chi connectivity index (χ1) is 8.67. The number of amides is 1. The Morgan fingerprint density at radius 1 is 1.44 bits per heavy atom. The molecule has 6 heteroatoms. The summed E-state index contributed by atoms with van der Waals surface area (Å²) in [6.45, 7) is 3.12. The summed E-state index contributed by atoms with van der Waals surface area (Å²) in [6.07, 6.45) is 6.30. The van der Waals surface area contributed by atoms with Crippen LogP contribution < -0.4 is 0 Å². The molecule has 1 heterocycles. The van der Waals surface area contributed by atoms with E-state index in [0.717, 1.165) is 6.42 Å². The van der Waals surface area contributed by atoms with Crippen LogP contribution >= 0.6 is 0 Å². The normalized spacial score (nSPS) is 10.1. The molecule has 0 atom stereocenters. The van der Waals surface area contributed by atoms with Gasteiger partial charge in [0, 0.05) is 31.9 Å². The summed E-state index contributed by atoms with van der Waals surface area (Å²) in [6, 6.07) is 0. The average Bonchev–Trinajstić information content (AvgIpc) is 2.88. The Hall–Kier alpha value is -1.85. The number of methoxy groups -OCH3 is 1. The molecule has 0 saturated heterocycles. The molecule has 6 nitrogen and oxygen atoms in total. The maximum Gasteiger partial charge on any atom is 0.325 e. The molecule has 0 radical (unpaired) electrons. The molecule has 1 aromatic rings. The largest absolute Gasteiger partial charge is 0.468 e. The maximum atomic E-state index is 12.0. The summed E-state index contributed by atoms with van der Waals surface area (Å²) >= 11 is 0. The van der Waals surface area contributed by atoms with Gasteiger partial charge in [0.2, 0.25) is 5.91 Å². The van der Waals surface area contributed by atoms with Gasteiger partial charge in [-0.1, -0.05) is 6.92 Å². The molecule has 0 aliphatic carbocycles. The van der Waals surface area contributed by atoms with Crippen LogP contribution in [0, 0.1) is 0 Å². The summed E-state index contributed by atoms with van der Waals surface area (Å²) in [5, 5.41) is 0. The van der Waals surface area contributed by atoms with Crippen molar-refractivity contribution in [2.45, 2.75) is 26.3 Å². The van der Waals surface area contributed by atoms with Crippen LogP contribution in [0.5, 0.6) is 0 Å². The first kappa shape index (κ1) is 14.2. The third-order valence-corrected chi connectivity index (χ3v) is 2.54. The molecule has 1 rings (SSSR count). The zero-order valence-corrected chi connectivity index (χ0v) is 10.8. The van der Waals surface area contributed by atoms with Gasteiger partial charge in [-0.15, -0.1) is 0 Å². The Bertz CT molecular complexity index is 376. The summed E-state index contributed by atoms with van der Waals surface area (Å²) in [4.78, 5) is 28.6. The van der Waals surface area contributed by atoms with Crippen molar-refractivity contribution < 1.29 is 14.3 Å². The van der Waals surface area contributed by atoms with E-state index in [9.17, 15) is 9.59 Å². The van der Waals surface area contributed by atoms with Crippen molar-refractivity contribution in [3.8, 4) is 0 Å². The fourth-order valence-electron chi connectivity index (χ4n) is 1.58. The Morgan fingerprint density at radius 2 is 2.22 bits per heavy atom. The van der Waals surface area contributed by atoms with Crippen LogP contribution in [0.4, 0.5) is 0 Å². The van der Waals surface area contributed by atoms with Gasteiger partial charge < -0.3 is 14.2 Å². The lowest BCUT2D eigenvalue weighted by Gasteiger charge is -2.20. The number of carbonyl (C=O) groups excluding carboxylic acids is 2. The highest BCUT2D eigenvalue weighted by atomic mass is 16.5. The van der Waals surface area contributed by atoms with Crippen LogP contribution in [0.1, 0.15) is 19.8 Å². The molecule has 0 aliphatic rings. The highest BCUT2D eigenvalue weighted by Crippen LogP contribution is 2.00. The van der Waals surface area contributed by atoms with Gasteiger partial charge in [0.25, 0.3) is 0 Å². The summed E-state index contributed by atoms with van der Waals surface area (Å²) in [5.74, 6) is -0.435. The van der Waals surface area contributed by atoms with Gasteiger partial charge in [0.05, 0.1) is 13.4 Å². The summed E-state index contributed by atoms with van der Waals surface area (Å²) < 4.78 is 6.41. The van der Waals surface area contributed by atoms with Gasteiger partial charge in [-0.05, 0) is 6.42 Å². The van der Waals surface area contributed by atoms with E-state index in [1.54, 1.807) is 18.7 Å². The van der Waals surface area contributed by atoms with Crippen LogP contribution in [0.2, 0.25) is 0 Å². The third-order valence-electron chi connectivity index (χ3n) is 2.54. The zero-order chi connectivity index (χ0) is 13.4. The molecule has 0 aliphatic heterocycles. The molecule has 18 heavy (non-hydrogen) atoms. The van der Waals surface area contributed by atoms with Gasteiger partial charge >= 0.3 is 5.97 Å². The second kappa shape index (κ2) is 7.47. The van der Waals surface area contributed by atoms with Crippen molar-refractivity contribution in [2.75, 3.05) is 20.2 Å². The van der Waals surface area contributed by atoms with Crippen molar-refractivity contribution in [3.63, 3.8) is 0 Å². The fourth-order valence-corrected chi connectivity index (χ4v) is 1.58. The van der Waals surface area contributed by atoms with Crippen LogP contribution in [0.15, 0.2) is 18.7 Å². The van der Waals surface area contributed by atoms with E-state index in [1.165, 1.54) is 12.0 Å². The van der Waals surface area contributed by atoms with Gasteiger partial charge in [-0.25, -0.2) is 4.98 Å². The number of aryl methyl sites for hydroxylation is 1. The van der Waals surface area contributed by atoms with Crippen LogP contribution in [-0.4, -0.2) is 46.5 Å². The van der Waals surface area contributed by atoms with Crippen LogP contribution in [0.3, 0.4) is 0 Å². The first-order valence-corrected chi connectivity index (χ1v) is 5.97. The summed E-state index contributed by atoms with van der Waals surface area (Å²) in [7, 11) is 1.32. The molecule has 0 N–H and O–H groups in total. The molecule has 0 unspecified atom stereocenters. The fraction of sp³-hybridized carbons (Fsp3) is 0.583. The summed E-state index contributed by atoms with van der Waals surface area (Å²) in [5.41, 5.74) is 0. The Kier molecular flexibility index (Phi) is 5.90. The molecular formula is C12H19N3O3. The minimum absolute atomic E-state index is 0.0209. The topological polar surface area (TPSA) is 64.4 Å². The lowest BCUT2D eigenvalue weighted by atomic mass is 10.3. The molecule has 100 valence electrons. The van der Waals surface area contributed by atoms with Gasteiger partial charge in [-0.3, -0.25) is 9.59 Å². The predicted molar refractivity (Wildman–Crippen MR) is 65.7 cm³/mol. The van der Waals surface area contributed by atoms with E-state index in [0.29, 0.717) is 19.5 Å². The standard InChI is InChI=1S/C12H19N3O3/c1-3-6-15(9-12(17)18-2)11(16)4-7-14-8-5-13-10-14/h5,8,10H,3-4,6-7,9H2,1-2H3. The number of carbonyl (C=O) groups is 2. The van der Waals surface area contributed by atoms with Crippen molar-refractivity contribution in [1.29, 1.82) is 0 Å². The molecule has 0 fully saturated rings. The SMILES string of the molecule is CCCN(CC(=O)OC)C(=O)CCn1ccnc1. The molecule has 1 amide bonds. The highest BCUT2D eigenvalue weighted by Gasteiger charge is 2.16. The van der Waals surface area contributed by atoms with E-state index in [-0.39, 0.29) is 18.4 Å². The maximum absolute atomic E-state index is 12.0. The van der Waals surface area contributed by atoms with Gasteiger partial charge in [0.1, 0.15) is 6.54 Å². The third kappa shape index (κ3) is 4.57. The minimum atomic E-state index is -0.389. The Balaban J connectivity index is 2.45. The number of hydrogen-bond donors (Lipinski definition) is 0. The van der Waals surface area contributed by atoms with Gasteiger partial charge in [-0.2, -0.15) is 0 Å². The monoisotopic (exact) mass is 253 g/mol. The number of nitrogens with zero attached hydrogens (tertiary/aromatic N) is 3. The number of esters is 1. The van der Waals surface area contributed by atoms with Crippen LogP contribution in [-0.2, 0) is 20.9 Å². The second-order valence-corrected chi connectivity index (χ2v) is 3.94. The smallest absolute Gasteiger partial charge is 0.325 e. The number of imidazole rings is 1. The average molecular weight is 253 g/mol. The zero-order valence-electron chi connectivity index (χ0n) is 10.8. The molecular weight excluding hydrogens is 234 g/mol. The van der Waals surface area contributed by atoms with Gasteiger partial charge in [0.15, 0.2) is 0 Å². The van der Waals surface area contributed by atoms with Crippen LogP contribution in [0.25, 0.3) is 0 Å². The number of hydrogen-bond acceptors (Lipinski definition) is 4. The molecule has 0 saturated carbocycles. The van der Waals surface area contributed by atoms with E-state index < -0.39 is 0 Å². The molecule has 0 aromatic carbocycles. The van der Waals surface area contributed by atoms with E-state index in [4.69, 9.17) is 0 Å². The molecule has 1 aromatic heterocycles. The number of rotatable bonds is 7. The second-order valence-electron chi connectivity index (χ2n) is 3.94. The van der Waals surface area contributed by atoms with E-state index >= 15 is 0 Å². The Labute approximate surface area is 107 Å². The lowest BCUT2D eigenvalue weighted by molar-refractivity contribution is -0.147. The Morgan fingerprint density at radius 3 is 2.78 bits per heavy atom. The van der Waals surface area contributed by atoms with Crippen molar-refractivity contribution in [2.24, 2.45) is 0 Å². The van der Waals surface area contributed by atoms with E-state index in [2.05, 4.69) is 9.72 Å². The minimum Gasteiger partial charge on any atom is -0.468 e. The van der Waals surface area contributed by atoms with Crippen molar-refractivity contribution >= 4 is 11.9 Å². The lowest BCUT2D eigenvalue weighted by Crippen LogP contribution is -2.37. The predicted octanol–water partition coefficient (Wildman–Crippen LogP) is 0.685. The molecule has 0 bridgehead atoms. The highest BCUT2D eigenvalue weighted by molar-refractivity contribution is 5.81. The number of ether oxygens (including phenoxy) is 1. The first-order valence-electron chi connectivity index (χ1n) is 5.97. The van der Waals surface area contributed by atoms with Crippen molar-refractivity contribution in [1.82, 2.24) is 14.5 Å². The quantitative estimate of drug-likeness (QED) is 0.670. The number of aromatic nitrogens is 2. The van der Waals surface area contributed by atoms with Crippen molar-refractivity contribution in [3.05, 3.63) is 18.7 Å². The molecule has 0 spiro atoms.